The van der Waals surface area contributed by atoms with Gasteiger partial charge in [0.1, 0.15) is 0 Å². The maximum Gasteiger partial charge on any atom is 0.294 e. The lowest BCUT2D eigenvalue weighted by molar-refractivity contribution is 0.483. The van der Waals surface area contributed by atoms with Crippen molar-refractivity contribution in [1.29, 1.82) is 0 Å². The molecule has 1 rings (SSSR count). The maximum absolute atomic E-state index is 10.6. The van der Waals surface area contributed by atoms with Gasteiger partial charge in [0.05, 0.1) is 4.90 Å². The van der Waals surface area contributed by atoms with Gasteiger partial charge in [-0.15, -0.1) is 12.4 Å². The number of alkyl halides is 1. The zero-order valence-corrected chi connectivity index (χ0v) is 10.3. The van der Waals surface area contributed by atoms with E-state index in [9.17, 15) is 8.42 Å². The molecule has 0 radical (unpaired) electrons. The van der Waals surface area contributed by atoms with E-state index in [2.05, 4.69) is 22.6 Å². The van der Waals surface area contributed by atoms with Crippen LogP contribution in [0.25, 0.3) is 0 Å². The van der Waals surface area contributed by atoms with E-state index in [1.807, 2.05) is 0 Å². The highest BCUT2D eigenvalue weighted by molar-refractivity contribution is 14.1. The summed E-state index contributed by atoms with van der Waals surface area (Å²) >= 11 is 2.17. The smallest absolute Gasteiger partial charge is 0.282 e. The van der Waals surface area contributed by atoms with E-state index in [-0.39, 0.29) is 17.3 Å². The van der Waals surface area contributed by atoms with Crippen molar-refractivity contribution in [2.45, 2.75) is 9.32 Å². The SMILES string of the molecule is Cl.O=S(=O)(O)c1ccc(CI)cc1. The second kappa shape index (κ2) is 5.14. The zero-order valence-electron chi connectivity index (χ0n) is 6.47. The third kappa shape index (κ3) is 3.80. The van der Waals surface area contributed by atoms with Gasteiger partial charge in [0.2, 0.25) is 0 Å². The van der Waals surface area contributed by atoms with Crippen LogP contribution in [0.5, 0.6) is 0 Å². The van der Waals surface area contributed by atoms with Gasteiger partial charge in [0, 0.05) is 4.43 Å². The van der Waals surface area contributed by atoms with Gasteiger partial charge >= 0.3 is 0 Å². The largest absolute Gasteiger partial charge is 0.294 e. The number of hydrogen-bond donors (Lipinski definition) is 1. The van der Waals surface area contributed by atoms with Crippen molar-refractivity contribution in [2.24, 2.45) is 0 Å². The lowest BCUT2D eigenvalue weighted by Crippen LogP contribution is -1.97. The third-order valence-corrected chi connectivity index (χ3v) is 3.12. The average Bonchev–Trinajstić information content (AvgIpc) is 2.03. The Hall–Kier alpha value is 0.150. The Morgan fingerprint density at radius 2 is 1.69 bits per heavy atom. The van der Waals surface area contributed by atoms with Crippen molar-refractivity contribution in [3.63, 3.8) is 0 Å². The van der Waals surface area contributed by atoms with Crippen molar-refractivity contribution in [3.05, 3.63) is 29.8 Å². The number of halogens is 2. The summed E-state index contributed by atoms with van der Waals surface area (Å²) in [7, 11) is -4.03. The molecule has 0 aliphatic carbocycles. The predicted octanol–water partition coefficient (Wildman–Crippen LogP) is 2.29. The Kier molecular flexibility index (Phi) is 5.19. The summed E-state index contributed by atoms with van der Waals surface area (Å²) in [6, 6.07) is 6.14. The van der Waals surface area contributed by atoms with E-state index in [0.717, 1.165) is 9.99 Å². The highest BCUT2D eigenvalue weighted by atomic mass is 127. The fourth-order valence-electron chi connectivity index (χ4n) is 0.751. The van der Waals surface area contributed by atoms with Crippen LogP contribution in [0.1, 0.15) is 5.56 Å². The predicted molar refractivity (Wildman–Crippen MR) is 61.2 cm³/mol. The van der Waals surface area contributed by atoms with Crippen LogP contribution in [0.3, 0.4) is 0 Å². The summed E-state index contributed by atoms with van der Waals surface area (Å²) in [5, 5.41) is 0. The van der Waals surface area contributed by atoms with E-state index < -0.39 is 10.1 Å². The minimum absolute atomic E-state index is 0. The van der Waals surface area contributed by atoms with Gasteiger partial charge in [0.25, 0.3) is 10.1 Å². The van der Waals surface area contributed by atoms with Crippen molar-refractivity contribution < 1.29 is 13.0 Å². The van der Waals surface area contributed by atoms with Gasteiger partial charge in [-0.3, -0.25) is 4.55 Å². The Labute approximate surface area is 96.8 Å². The lowest BCUT2D eigenvalue weighted by atomic mass is 10.2. The summed E-state index contributed by atoms with van der Waals surface area (Å²) < 4.78 is 30.6. The van der Waals surface area contributed by atoms with Crippen LogP contribution in [0.2, 0.25) is 0 Å². The molecule has 0 aliphatic heterocycles. The molecule has 0 amide bonds. The van der Waals surface area contributed by atoms with E-state index >= 15 is 0 Å². The molecule has 6 heteroatoms. The Balaban J connectivity index is 0.00000144. The molecule has 0 aliphatic rings. The van der Waals surface area contributed by atoms with Crippen molar-refractivity contribution in [3.8, 4) is 0 Å². The molecule has 74 valence electrons. The minimum atomic E-state index is -4.03. The second-order valence-electron chi connectivity index (χ2n) is 2.25. The molecular weight excluding hydrogens is 326 g/mol. The first-order valence-electron chi connectivity index (χ1n) is 3.16. The van der Waals surface area contributed by atoms with Crippen molar-refractivity contribution >= 4 is 45.1 Å². The van der Waals surface area contributed by atoms with Crippen LogP contribution in [0.4, 0.5) is 0 Å². The highest BCUT2D eigenvalue weighted by Crippen LogP contribution is 2.11. The molecule has 0 saturated carbocycles. The van der Waals surface area contributed by atoms with Gasteiger partial charge in [-0.05, 0) is 17.7 Å². The Bertz CT molecular complexity index is 360. The molecule has 0 atom stereocenters. The van der Waals surface area contributed by atoms with Crippen molar-refractivity contribution in [2.75, 3.05) is 0 Å². The molecule has 0 spiro atoms. The first-order valence-corrected chi connectivity index (χ1v) is 6.13. The van der Waals surface area contributed by atoms with Gasteiger partial charge in [-0.2, -0.15) is 8.42 Å². The number of rotatable bonds is 2. The quantitative estimate of drug-likeness (QED) is 0.513. The van der Waals surface area contributed by atoms with E-state index in [1.165, 1.54) is 12.1 Å². The average molecular weight is 335 g/mol. The normalized spacial score (nSPS) is 10.6. The highest BCUT2D eigenvalue weighted by Gasteiger charge is 2.07. The molecule has 1 N–H and O–H groups in total. The fourth-order valence-corrected chi connectivity index (χ4v) is 1.74. The molecule has 0 saturated heterocycles. The summed E-state index contributed by atoms with van der Waals surface area (Å²) in [4.78, 5) is -0.0592. The molecule has 13 heavy (non-hydrogen) atoms. The molecule has 0 fully saturated rings. The third-order valence-electron chi connectivity index (χ3n) is 1.38. The standard InChI is InChI=1S/C7H7IO3S.ClH/c8-5-6-1-3-7(4-2-6)12(9,10)11;/h1-4H,5H2,(H,9,10,11);1H. The van der Waals surface area contributed by atoms with Gasteiger partial charge in [0.15, 0.2) is 0 Å². The number of benzene rings is 1. The molecule has 0 bridgehead atoms. The lowest BCUT2D eigenvalue weighted by Gasteiger charge is -1.97. The molecular formula is C7H8ClIO3S. The zero-order chi connectivity index (χ0) is 9.19. The van der Waals surface area contributed by atoms with Gasteiger partial charge in [-0.1, -0.05) is 34.7 Å². The molecule has 3 nitrogen and oxygen atoms in total. The molecule has 0 aromatic heterocycles. The summed E-state index contributed by atoms with van der Waals surface area (Å²) in [6.07, 6.45) is 0. The van der Waals surface area contributed by atoms with E-state index in [1.54, 1.807) is 12.1 Å². The number of hydrogen-bond acceptors (Lipinski definition) is 2. The van der Waals surface area contributed by atoms with Crippen LogP contribution in [0, 0.1) is 0 Å². The van der Waals surface area contributed by atoms with E-state index in [0.29, 0.717) is 0 Å². The Morgan fingerprint density at radius 1 is 1.23 bits per heavy atom. The van der Waals surface area contributed by atoms with Gasteiger partial charge < -0.3 is 0 Å². The molecule has 0 heterocycles. The van der Waals surface area contributed by atoms with Gasteiger partial charge in [-0.25, -0.2) is 0 Å². The topological polar surface area (TPSA) is 54.4 Å². The van der Waals surface area contributed by atoms with E-state index in [4.69, 9.17) is 4.55 Å². The van der Waals surface area contributed by atoms with Crippen LogP contribution >= 0.6 is 35.0 Å². The molecule has 1 aromatic rings. The molecule has 0 unspecified atom stereocenters. The first-order chi connectivity index (χ1) is 5.54. The van der Waals surface area contributed by atoms with Crippen LogP contribution in [-0.2, 0) is 14.5 Å². The van der Waals surface area contributed by atoms with Crippen molar-refractivity contribution in [1.82, 2.24) is 0 Å². The molecule has 1 aromatic carbocycles. The summed E-state index contributed by atoms with van der Waals surface area (Å²) in [5.41, 5.74) is 1.03. The summed E-state index contributed by atoms with van der Waals surface area (Å²) in [5.74, 6) is 0. The summed E-state index contributed by atoms with van der Waals surface area (Å²) in [6.45, 7) is 0. The maximum atomic E-state index is 10.6. The fraction of sp³-hybridized carbons (Fsp3) is 0.143. The van der Waals surface area contributed by atoms with Crippen LogP contribution in [-0.4, -0.2) is 13.0 Å². The second-order valence-corrected chi connectivity index (χ2v) is 4.44. The van der Waals surface area contributed by atoms with Crippen LogP contribution in [0.15, 0.2) is 29.2 Å². The monoisotopic (exact) mass is 334 g/mol. The van der Waals surface area contributed by atoms with Crippen LogP contribution < -0.4 is 0 Å². The first kappa shape index (κ1) is 13.2. The minimum Gasteiger partial charge on any atom is -0.282 e. The Morgan fingerprint density at radius 3 is 2.00 bits per heavy atom.